The summed E-state index contributed by atoms with van der Waals surface area (Å²) in [6.45, 7) is 3.87. The van der Waals surface area contributed by atoms with Crippen molar-refractivity contribution in [1.82, 2.24) is 0 Å². The average molecular weight is 176 g/mol. The Morgan fingerprint density at radius 3 is 2.60 bits per heavy atom. The van der Waals surface area contributed by atoms with Crippen LogP contribution in [0.2, 0.25) is 0 Å². The number of carbonyl (C=O) groups is 1. The van der Waals surface area contributed by atoms with Gasteiger partial charge >= 0.3 is 0 Å². The molecule has 0 rings (SSSR count). The van der Waals surface area contributed by atoms with Crippen molar-refractivity contribution in [2.75, 3.05) is 5.75 Å². The maximum Gasteiger partial charge on any atom is 0.193 e. The minimum atomic E-state index is 0.203. The first-order chi connectivity index (χ1) is 4.66. The van der Waals surface area contributed by atoms with E-state index in [2.05, 4.69) is 6.92 Å². The number of thiocarbonyl (C=S) groups is 1. The molecule has 1 nitrogen and oxygen atoms in total. The first-order valence-electron chi connectivity index (χ1n) is 3.32. The minimum Gasteiger partial charge on any atom is -0.287 e. The van der Waals surface area contributed by atoms with E-state index in [1.165, 1.54) is 11.8 Å². The Balaban J connectivity index is 3.35. The third-order valence-electron chi connectivity index (χ3n) is 0.860. The van der Waals surface area contributed by atoms with Gasteiger partial charge in [-0.1, -0.05) is 30.9 Å². The lowest BCUT2D eigenvalue weighted by Crippen LogP contribution is -1.98. The molecular formula is C7H12OS2. The molecule has 3 heteroatoms. The van der Waals surface area contributed by atoms with Gasteiger partial charge in [0.05, 0.1) is 0 Å². The summed E-state index contributed by atoms with van der Waals surface area (Å²) in [5, 5.41) is 0.203. The topological polar surface area (TPSA) is 17.1 Å². The molecule has 58 valence electrons. The third-order valence-corrected chi connectivity index (χ3v) is 2.08. The highest BCUT2D eigenvalue weighted by molar-refractivity contribution is 8.13. The summed E-state index contributed by atoms with van der Waals surface area (Å²) in [5.41, 5.74) is 0. The van der Waals surface area contributed by atoms with Crippen LogP contribution in [0, 0.1) is 0 Å². The molecule has 0 saturated carbocycles. The van der Waals surface area contributed by atoms with Crippen LogP contribution in [-0.2, 0) is 4.79 Å². The maximum atomic E-state index is 10.9. The van der Waals surface area contributed by atoms with Crippen molar-refractivity contribution in [2.45, 2.75) is 26.7 Å². The number of rotatable bonds is 4. The van der Waals surface area contributed by atoms with Gasteiger partial charge in [-0.3, -0.25) is 4.79 Å². The smallest absolute Gasteiger partial charge is 0.193 e. The summed E-state index contributed by atoms with van der Waals surface area (Å²) in [6.07, 6.45) is 1.51. The number of hydrogen-bond donors (Lipinski definition) is 0. The molecule has 0 spiro atoms. The Kier molecular flexibility index (Phi) is 5.93. The van der Waals surface area contributed by atoms with Gasteiger partial charge in [0.1, 0.15) is 0 Å². The van der Waals surface area contributed by atoms with Gasteiger partial charge in [0.25, 0.3) is 0 Å². The van der Waals surface area contributed by atoms with Crippen molar-refractivity contribution in [3.63, 3.8) is 0 Å². The number of thioether (sulfide) groups is 1. The molecule has 0 aromatic carbocycles. The molecule has 0 heterocycles. The molecule has 0 fully saturated rings. The largest absolute Gasteiger partial charge is 0.287 e. The summed E-state index contributed by atoms with van der Waals surface area (Å²) in [4.78, 5) is 11.7. The highest BCUT2D eigenvalue weighted by Gasteiger charge is 2.01. The molecule has 0 aliphatic rings. The van der Waals surface area contributed by atoms with Gasteiger partial charge in [0.15, 0.2) is 5.12 Å². The van der Waals surface area contributed by atoms with E-state index in [1.807, 2.05) is 0 Å². The van der Waals surface area contributed by atoms with Gasteiger partial charge in [0.2, 0.25) is 0 Å². The second kappa shape index (κ2) is 5.86. The molecule has 0 aliphatic carbocycles. The van der Waals surface area contributed by atoms with Crippen molar-refractivity contribution in [2.24, 2.45) is 0 Å². The normalized spacial score (nSPS) is 9.40. The summed E-state index contributed by atoms with van der Waals surface area (Å²) in [7, 11) is 0. The molecule has 0 radical (unpaired) electrons. The van der Waals surface area contributed by atoms with Crippen LogP contribution in [0.15, 0.2) is 0 Å². The van der Waals surface area contributed by atoms with Crippen molar-refractivity contribution >= 4 is 34.0 Å². The number of hydrogen-bond acceptors (Lipinski definition) is 3. The molecule has 0 bridgehead atoms. The monoisotopic (exact) mass is 176 g/mol. The van der Waals surface area contributed by atoms with Gasteiger partial charge in [-0.15, -0.1) is 0 Å². The predicted octanol–water partition coefficient (Wildman–Crippen LogP) is 2.44. The molecule has 0 N–H and O–H groups in total. The van der Waals surface area contributed by atoms with E-state index in [9.17, 15) is 4.79 Å². The zero-order valence-corrected chi connectivity index (χ0v) is 7.98. The van der Waals surface area contributed by atoms with E-state index in [4.69, 9.17) is 12.2 Å². The Bertz CT molecular complexity index is 132. The van der Waals surface area contributed by atoms with Gasteiger partial charge in [-0.2, -0.15) is 0 Å². The fourth-order valence-corrected chi connectivity index (χ4v) is 1.44. The van der Waals surface area contributed by atoms with Crippen LogP contribution in [0.5, 0.6) is 0 Å². The van der Waals surface area contributed by atoms with E-state index in [0.717, 1.165) is 17.0 Å². The molecule has 0 aromatic heterocycles. The fourth-order valence-electron chi connectivity index (χ4n) is 0.470. The van der Waals surface area contributed by atoms with Crippen molar-refractivity contribution in [3.8, 4) is 0 Å². The summed E-state index contributed by atoms with van der Waals surface area (Å²) in [5.74, 6) is 0.918. The standard InChI is InChI=1S/C7H12OS2/c1-3-4-10-7(8)5-6(2)9/h3-5H2,1-2H3. The molecule has 0 aliphatic heterocycles. The first-order valence-corrected chi connectivity index (χ1v) is 4.71. The highest BCUT2D eigenvalue weighted by atomic mass is 32.2. The summed E-state index contributed by atoms with van der Waals surface area (Å²) < 4.78 is 0. The lowest BCUT2D eigenvalue weighted by molar-refractivity contribution is -0.109. The Labute approximate surface area is 71.6 Å². The Morgan fingerprint density at radius 1 is 1.60 bits per heavy atom. The molecule has 10 heavy (non-hydrogen) atoms. The quantitative estimate of drug-likeness (QED) is 0.612. The van der Waals surface area contributed by atoms with E-state index in [-0.39, 0.29) is 5.12 Å². The minimum absolute atomic E-state index is 0.203. The zero-order chi connectivity index (χ0) is 7.98. The van der Waals surface area contributed by atoms with Crippen LogP contribution in [0.25, 0.3) is 0 Å². The van der Waals surface area contributed by atoms with Gasteiger partial charge in [0, 0.05) is 12.2 Å². The van der Waals surface area contributed by atoms with Crippen LogP contribution in [-0.4, -0.2) is 15.7 Å². The summed E-state index contributed by atoms with van der Waals surface area (Å²) >= 11 is 6.17. The lowest BCUT2D eigenvalue weighted by Gasteiger charge is -1.95. The van der Waals surface area contributed by atoms with E-state index >= 15 is 0 Å². The average Bonchev–Trinajstić information content (AvgIpc) is 1.82. The molecular weight excluding hydrogens is 164 g/mol. The van der Waals surface area contributed by atoms with Crippen LogP contribution >= 0.6 is 24.0 Å². The molecule has 0 amide bonds. The summed E-state index contributed by atoms with van der Waals surface area (Å²) in [6, 6.07) is 0. The van der Waals surface area contributed by atoms with Gasteiger partial charge < -0.3 is 0 Å². The van der Waals surface area contributed by atoms with Crippen molar-refractivity contribution in [1.29, 1.82) is 0 Å². The first kappa shape index (κ1) is 10.1. The van der Waals surface area contributed by atoms with E-state index in [1.54, 1.807) is 6.92 Å². The lowest BCUT2D eigenvalue weighted by atomic mass is 10.4. The van der Waals surface area contributed by atoms with Crippen LogP contribution in [0.1, 0.15) is 26.7 Å². The molecule has 0 unspecified atom stereocenters. The maximum absolute atomic E-state index is 10.9. The van der Waals surface area contributed by atoms with Crippen LogP contribution < -0.4 is 0 Å². The van der Waals surface area contributed by atoms with Crippen molar-refractivity contribution < 1.29 is 4.79 Å². The van der Waals surface area contributed by atoms with Crippen LogP contribution in [0.4, 0.5) is 0 Å². The van der Waals surface area contributed by atoms with Crippen LogP contribution in [0.3, 0.4) is 0 Å². The number of carbonyl (C=O) groups excluding carboxylic acids is 1. The van der Waals surface area contributed by atoms with Crippen molar-refractivity contribution in [3.05, 3.63) is 0 Å². The van der Waals surface area contributed by atoms with Gasteiger partial charge in [-0.05, 0) is 18.2 Å². The second-order valence-corrected chi connectivity index (χ2v) is 3.95. The zero-order valence-electron chi connectivity index (χ0n) is 6.35. The second-order valence-electron chi connectivity index (χ2n) is 2.10. The molecule has 0 saturated heterocycles. The highest BCUT2D eigenvalue weighted by Crippen LogP contribution is 2.07. The molecule has 0 atom stereocenters. The third kappa shape index (κ3) is 6.23. The van der Waals surface area contributed by atoms with E-state index < -0.39 is 0 Å². The van der Waals surface area contributed by atoms with E-state index in [0.29, 0.717) is 6.42 Å². The Morgan fingerprint density at radius 2 is 2.20 bits per heavy atom. The predicted molar refractivity (Wildman–Crippen MR) is 50.6 cm³/mol. The SMILES string of the molecule is CCCSC(=O)CC(C)=S. The molecule has 0 aromatic rings. The fraction of sp³-hybridized carbons (Fsp3) is 0.714. The Hall–Kier alpha value is 0.110. The van der Waals surface area contributed by atoms with Gasteiger partial charge in [-0.25, -0.2) is 0 Å².